The van der Waals surface area contributed by atoms with Gasteiger partial charge in [0.15, 0.2) is 69.9 Å². The first-order valence-corrected chi connectivity index (χ1v) is 45.1. The number of fused-ring (bicyclic) bond motifs is 60. The summed E-state index contributed by atoms with van der Waals surface area (Å²) in [7, 11) is -14.6. The number of aromatic nitrogens is 24. The molecule has 0 atom stereocenters. The Morgan fingerprint density at radius 3 is 0.444 bits per heavy atom. The summed E-state index contributed by atoms with van der Waals surface area (Å²) in [5.41, 5.74) is 13.6. The van der Waals surface area contributed by atoms with Crippen molar-refractivity contribution in [2.75, 3.05) is 0 Å². The van der Waals surface area contributed by atoms with Crippen molar-refractivity contribution in [3.8, 4) is 137 Å². The van der Waals surface area contributed by atoms with Crippen molar-refractivity contribution in [2.24, 2.45) is 0 Å². The normalized spacial score (nSPS) is 12.3. The van der Waals surface area contributed by atoms with Crippen LogP contribution in [0.25, 0.3) is 269 Å². The molecular weight excluding hydrogens is 1790 g/mol. The Morgan fingerprint density at radius 1 is 0.158 bits per heavy atom. The van der Waals surface area contributed by atoms with E-state index in [1.54, 1.807) is 18.2 Å². The largest absolute Gasteiger partial charge is 3.00 e. The van der Waals surface area contributed by atoms with Crippen LogP contribution in [0.4, 0.5) is 0 Å². The van der Waals surface area contributed by atoms with E-state index < -0.39 is 45.0 Å². The Kier molecular flexibility index (Phi) is 17.9. The van der Waals surface area contributed by atoms with Crippen LogP contribution in [-0.4, -0.2) is 159 Å². The molecule has 15 heterocycles. The van der Waals surface area contributed by atoms with Gasteiger partial charge in [-0.25, -0.2) is 115 Å². The maximum absolute atomic E-state index is 12.4. The quantitative estimate of drug-likeness (QED) is 0.0706. The van der Waals surface area contributed by atoms with E-state index >= 15 is 0 Å². The third kappa shape index (κ3) is 13.2. The van der Waals surface area contributed by atoms with Crippen LogP contribution in [0.2, 0.25) is 0 Å². The minimum absolute atomic E-state index is 0. The van der Waals surface area contributed by atoms with E-state index in [9.17, 15) is 38.9 Å². The molecule has 33 nitrogen and oxygen atoms in total. The fourth-order valence-electron chi connectivity index (χ4n) is 17.6. The van der Waals surface area contributed by atoms with Crippen molar-refractivity contribution >= 4 is 163 Å². The van der Waals surface area contributed by atoms with Crippen LogP contribution in [0, 0.1) is 0 Å². The van der Waals surface area contributed by atoms with Gasteiger partial charge in [0.05, 0.1) is 14.7 Å². The van der Waals surface area contributed by atoms with Gasteiger partial charge in [-0.05, 0) is 18.2 Å². The van der Waals surface area contributed by atoms with Crippen molar-refractivity contribution in [3.05, 3.63) is 273 Å². The molecule has 24 bridgehead atoms. The zero-order valence-corrected chi connectivity index (χ0v) is 71.3. The second-order valence-corrected chi connectivity index (χ2v) is 35.2. The second kappa shape index (κ2) is 30.0. The molecule has 37 heteroatoms. The molecule has 6 aliphatic heterocycles. The van der Waals surface area contributed by atoms with E-state index in [1.807, 2.05) is 218 Å². The Hall–Kier alpha value is -17.0. The third-order valence-corrected chi connectivity index (χ3v) is 26.1. The van der Waals surface area contributed by atoms with Gasteiger partial charge >= 0.3 is 17.1 Å². The van der Waals surface area contributed by atoms with E-state index in [-0.39, 0.29) is 50.2 Å². The predicted molar refractivity (Wildman–Crippen MR) is 492 cm³/mol. The van der Waals surface area contributed by atoms with Gasteiger partial charge in [0, 0.05) is 131 Å². The van der Waals surface area contributed by atoms with Crippen LogP contribution < -0.4 is 0 Å². The molecule has 0 fully saturated rings. The molecule has 21 aromatic rings. The van der Waals surface area contributed by atoms with Gasteiger partial charge in [-0.15, -0.1) is 0 Å². The first kappa shape index (κ1) is 79.4. The zero-order valence-electron chi connectivity index (χ0n) is 67.8. The molecule has 27 rings (SSSR count). The molecule has 0 aliphatic carbocycles. The topological polar surface area (TPSA) is 498 Å². The Bertz CT molecular complexity index is 8860. The first-order valence-electron chi connectivity index (χ1n) is 40.8. The van der Waals surface area contributed by atoms with E-state index in [0.29, 0.717) is 154 Å². The summed E-state index contributed by atoms with van der Waals surface area (Å²) in [6, 6.07) is 82.1. The molecule has 6 aliphatic rings. The van der Waals surface area contributed by atoms with Gasteiger partial charge in [0.1, 0.15) is 98.1 Å². The van der Waals surface area contributed by atoms with Crippen LogP contribution in [0.5, 0.6) is 0 Å². The molecular formula is C96H51FeN24O9S3. The van der Waals surface area contributed by atoms with Gasteiger partial charge < -0.3 is 43.6 Å². The minimum atomic E-state index is -4.87. The minimum Gasteiger partial charge on any atom is -0.744 e. The summed E-state index contributed by atoms with van der Waals surface area (Å²) in [6.07, 6.45) is 0. The number of hydrogen-bond donors (Lipinski definition) is 6. The number of hydrogen-bond acceptors (Lipinski definition) is 27. The summed E-state index contributed by atoms with van der Waals surface area (Å²) in [6.45, 7) is 0. The summed E-state index contributed by atoms with van der Waals surface area (Å²) in [5.74, 6) is 4.64. The van der Waals surface area contributed by atoms with E-state index in [0.717, 1.165) is 82.4 Å². The van der Waals surface area contributed by atoms with Crippen molar-refractivity contribution in [2.45, 2.75) is 14.7 Å². The maximum Gasteiger partial charge on any atom is 3.00 e. The molecule has 9 aromatic heterocycles. The molecule has 1 radical (unpaired) electrons. The van der Waals surface area contributed by atoms with Crippen molar-refractivity contribution in [1.29, 1.82) is 0 Å². The predicted octanol–water partition coefficient (Wildman–Crippen LogP) is 17.3. The van der Waals surface area contributed by atoms with Crippen molar-refractivity contribution in [3.63, 3.8) is 0 Å². The van der Waals surface area contributed by atoms with Crippen LogP contribution in [0.15, 0.2) is 288 Å². The fourth-order valence-corrected chi connectivity index (χ4v) is 19.7. The van der Waals surface area contributed by atoms with E-state index in [2.05, 4.69) is 29.9 Å². The molecule has 6 N–H and O–H groups in total. The van der Waals surface area contributed by atoms with E-state index in [1.165, 1.54) is 36.4 Å². The SMILES string of the molecule is O=S(=O)([O-])c1cccc2c3nc4nc(nc5[nH]c(nc6nc(nc([nH]3)c12)-c1ccccc1-6)c1ccccc51)-c1ccccc1-4.O=S(=O)([O-])c1cccc2c3nc4nc(nc5[nH]c(nc6nc(nc([nH]3)c12)-c1ccccc1-6)c1ccccc51)-c1ccccc1-4.O=S(=O)([O-])c1cccc2c3nc4nc(nc5[nH]c(nc6nc(nc([nH]3)c12)-c1ccccc1-6)c1ccccc51)-c1ccccc1-4.[Fe+3]. The number of aromatic amines is 6. The number of rotatable bonds is 3. The standard InChI is InChI=1S/3C32H18N8O3S.Fe/c3*41-44(42,43)23-15-7-14-22-24(23)32-39-30-21-13-6-5-12-20(21)28(37-30)35-26-17-9-2-1-8-16(17)25(33-26)34-27-18-10-3-4-11-19(18)29(36-27)38-31(22)40-32;/h3*1-15H,(H,41,42,43)(H2,33,34,35,36,37,38,39,40);/q;;;+3/p-3. The second-order valence-electron chi connectivity index (χ2n) is 31.1. The Balaban J connectivity index is 0.000000109. The van der Waals surface area contributed by atoms with Crippen LogP contribution in [0.3, 0.4) is 0 Å². The first-order chi connectivity index (χ1) is 64.3. The molecule has 0 unspecified atom stereocenters. The number of nitrogens with zero attached hydrogens (tertiary/aromatic N) is 18. The molecule has 0 saturated heterocycles. The number of H-pyrrole nitrogens is 6. The smallest absolute Gasteiger partial charge is 0.744 e. The Labute approximate surface area is 757 Å². The average Bonchev–Trinajstić information content (AvgIpc) is 1.60. The number of nitrogens with one attached hydrogen (secondary N) is 6. The Morgan fingerprint density at radius 2 is 0.286 bits per heavy atom. The molecule has 0 spiro atoms. The molecule has 12 aromatic carbocycles. The molecule has 0 saturated carbocycles. The summed E-state index contributed by atoms with van der Waals surface area (Å²) in [5, 5.41) is 6.73. The van der Waals surface area contributed by atoms with Gasteiger partial charge in [0.2, 0.25) is 0 Å². The molecule has 635 valence electrons. The van der Waals surface area contributed by atoms with Gasteiger partial charge in [-0.2, -0.15) is 0 Å². The number of benzene rings is 12. The molecule has 133 heavy (non-hydrogen) atoms. The summed E-state index contributed by atoms with van der Waals surface area (Å²) < 4.78 is 112. The van der Waals surface area contributed by atoms with Crippen LogP contribution in [0.1, 0.15) is 0 Å². The monoisotopic (exact) mass is 1840 g/mol. The zero-order chi connectivity index (χ0) is 88.7. The maximum atomic E-state index is 12.4. The van der Waals surface area contributed by atoms with Crippen molar-refractivity contribution < 1.29 is 56.0 Å². The van der Waals surface area contributed by atoms with Gasteiger partial charge in [-0.1, -0.05) is 255 Å². The van der Waals surface area contributed by atoms with Crippen molar-refractivity contribution in [1.82, 2.24) is 120 Å². The van der Waals surface area contributed by atoms with Crippen LogP contribution in [-0.2, 0) is 47.4 Å². The summed E-state index contributed by atoms with van der Waals surface area (Å²) in [4.78, 5) is 106. The summed E-state index contributed by atoms with van der Waals surface area (Å²) >= 11 is 0. The van der Waals surface area contributed by atoms with Gasteiger partial charge in [-0.3, -0.25) is 0 Å². The van der Waals surface area contributed by atoms with E-state index in [4.69, 9.17) is 89.7 Å². The fraction of sp³-hybridized carbons (Fsp3) is 0. The molecule has 0 amide bonds. The van der Waals surface area contributed by atoms with Crippen LogP contribution >= 0.6 is 0 Å². The van der Waals surface area contributed by atoms with Gasteiger partial charge in [0.25, 0.3) is 0 Å². The average molecular weight is 1840 g/mol. The third-order valence-electron chi connectivity index (χ3n) is 23.4.